The molecule has 0 saturated heterocycles. The van der Waals surface area contributed by atoms with Crippen LogP contribution >= 0.6 is 0 Å². The first-order valence-electron chi connectivity index (χ1n) is 7.01. The predicted molar refractivity (Wildman–Crippen MR) is 71.2 cm³/mol. The summed E-state index contributed by atoms with van der Waals surface area (Å²) in [5.41, 5.74) is 6.64. The molecule has 2 nitrogen and oxygen atoms in total. The summed E-state index contributed by atoms with van der Waals surface area (Å²) in [7, 11) is 0. The van der Waals surface area contributed by atoms with Crippen molar-refractivity contribution < 1.29 is 17.9 Å². The third-order valence-corrected chi connectivity index (χ3v) is 4.17. The Hall–Kier alpha value is -1.23. The van der Waals surface area contributed by atoms with Crippen LogP contribution in [-0.4, -0.2) is 6.36 Å². The fourth-order valence-corrected chi connectivity index (χ4v) is 3.04. The lowest BCUT2D eigenvalue weighted by Gasteiger charge is -2.23. The van der Waals surface area contributed by atoms with Crippen molar-refractivity contribution in [3.05, 3.63) is 29.8 Å². The van der Waals surface area contributed by atoms with Crippen LogP contribution in [0.3, 0.4) is 0 Å². The van der Waals surface area contributed by atoms with Gasteiger partial charge in [0.1, 0.15) is 5.75 Å². The number of halogens is 3. The SMILES string of the molecule is CCC1CCC(C(N)c2ccccc2OC(F)(F)F)C1. The summed E-state index contributed by atoms with van der Waals surface area (Å²) in [6.07, 6.45) is -0.517. The minimum Gasteiger partial charge on any atom is -0.405 e. The molecule has 1 aliphatic rings. The zero-order valence-electron chi connectivity index (χ0n) is 11.5. The summed E-state index contributed by atoms with van der Waals surface area (Å²) < 4.78 is 41.3. The molecule has 0 aromatic heterocycles. The number of hydrogen-bond acceptors (Lipinski definition) is 2. The predicted octanol–water partition coefficient (Wildman–Crippen LogP) is 4.41. The Labute approximate surface area is 117 Å². The highest BCUT2D eigenvalue weighted by molar-refractivity contribution is 5.36. The maximum atomic E-state index is 12.4. The van der Waals surface area contributed by atoms with Crippen molar-refractivity contribution in [1.82, 2.24) is 0 Å². The van der Waals surface area contributed by atoms with Gasteiger partial charge < -0.3 is 10.5 Å². The normalized spacial score (nSPS) is 24.6. The first-order valence-corrected chi connectivity index (χ1v) is 7.01. The molecule has 2 N–H and O–H groups in total. The van der Waals surface area contributed by atoms with Crippen LogP contribution in [0.2, 0.25) is 0 Å². The number of nitrogens with two attached hydrogens (primary N) is 1. The van der Waals surface area contributed by atoms with E-state index in [2.05, 4.69) is 11.7 Å². The molecule has 3 unspecified atom stereocenters. The lowest BCUT2D eigenvalue weighted by Crippen LogP contribution is -2.23. The van der Waals surface area contributed by atoms with Gasteiger partial charge in [0.15, 0.2) is 0 Å². The Bertz CT molecular complexity index is 447. The summed E-state index contributed by atoms with van der Waals surface area (Å²) in [5.74, 6) is 0.701. The molecule has 1 aromatic carbocycles. The van der Waals surface area contributed by atoms with Gasteiger partial charge in [-0.1, -0.05) is 38.0 Å². The van der Waals surface area contributed by atoms with Gasteiger partial charge in [0.05, 0.1) is 0 Å². The molecule has 1 saturated carbocycles. The molecule has 0 amide bonds. The third-order valence-electron chi connectivity index (χ3n) is 4.17. The highest BCUT2D eigenvalue weighted by atomic mass is 19.4. The van der Waals surface area contributed by atoms with Gasteiger partial charge in [0, 0.05) is 11.6 Å². The fourth-order valence-electron chi connectivity index (χ4n) is 3.04. The molecule has 3 atom stereocenters. The van der Waals surface area contributed by atoms with E-state index in [1.165, 1.54) is 12.1 Å². The van der Waals surface area contributed by atoms with E-state index >= 15 is 0 Å². The topological polar surface area (TPSA) is 35.2 Å². The van der Waals surface area contributed by atoms with Crippen molar-refractivity contribution in [2.45, 2.75) is 45.0 Å². The van der Waals surface area contributed by atoms with Crippen molar-refractivity contribution in [3.63, 3.8) is 0 Å². The number of para-hydroxylation sites is 1. The number of hydrogen-bond donors (Lipinski definition) is 1. The number of rotatable bonds is 4. The monoisotopic (exact) mass is 287 g/mol. The molecule has 0 radical (unpaired) electrons. The van der Waals surface area contributed by atoms with Gasteiger partial charge in [-0.2, -0.15) is 0 Å². The average molecular weight is 287 g/mol. The first-order chi connectivity index (χ1) is 9.40. The van der Waals surface area contributed by atoms with Gasteiger partial charge in [-0.15, -0.1) is 13.2 Å². The molecule has 1 aliphatic carbocycles. The molecule has 0 aliphatic heterocycles. The van der Waals surface area contributed by atoms with Crippen LogP contribution in [0.5, 0.6) is 5.75 Å². The summed E-state index contributed by atoms with van der Waals surface area (Å²) in [5, 5.41) is 0. The van der Waals surface area contributed by atoms with Gasteiger partial charge in [-0.25, -0.2) is 0 Å². The Morgan fingerprint density at radius 1 is 1.30 bits per heavy atom. The first kappa shape index (κ1) is 15.2. The van der Waals surface area contributed by atoms with Crippen molar-refractivity contribution >= 4 is 0 Å². The number of ether oxygens (including phenoxy) is 1. The quantitative estimate of drug-likeness (QED) is 0.890. The highest BCUT2D eigenvalue weighted by Crippen LogP contribution is 2.41. The minimum atomic E-state index is -4.68. The van der Waals surface area contributed by atoms with Crippen molar-refractivity contribution in [2.24, 2.45) is 17.6 Å². The maximum Gasteiger partial charge on any atom is 0.573 e. The second kappa shape index (κ2) is 6.04. The van der Waals surface area contributed by atoms with E-state index < -0.39 is 12.4 Å². The third kappa shape index (κ3) is 3.66. The van der Waals surface area contributed by atoms with E-state index in [0.717, 1.165) is 25.7 Å². The molecular weight excluding hydrogens is 267 g/mol. The lowest BCUT2D eigenvalue weighted by atomic mass is 9.90. The molecular formula is C15H20F3NO. The summed E-state index contributed by atoms with van der Waals surface area (Å²) >= 11 is 0. The molecule has 1 aromatic rings. The van der Waals surface area contributed by atoms with Gasteiger partial charge in [0.2, 0.25) is 0 Å². The molecule has 1 fully saturated rings. The summed E-state index contributed by atoms with van der Waals surface area (Å²) in [4.78, 5) is 0. The van der Waals surface area contributed by atoms with Crippen LogP contribution in [0, 0.1) is 11.8 Å². The van der Waals surface area contributed by atoms with Gasteiger partial charge in [-0.3, -0.25) is 0 Å². The summed E-state index contributed by atoms with van der Waals surface area (Å²) in [6, 6.07) is 5.79. The largest absolute Gasteiger partial charge is 0.573 e. The molecule has 20 heavy (non-hydrogen) atoms. The van der Waals surface area contributed by atoms with E-state index in [0.29, 0.717) is 11.5 Å². The molecule has 5 heteroatoms. The Morgan fingerprint density at radius 2 is 2.00 bits per heavy atom. The maximum absolute atomic E-state index is 12.4. The van der Waals surface area contributed by atoms with Crippen LogP contribution in [0.25, 0.3) is 0 Å². The van der Waals surface area contributed by atoms with Crippen LogP contribution in [0.1, 0.15) is 44.2 Å². The van der Waals surface area contributed by atoms with Crippen molar-refractivity contribution in [1.29, 1.82) is 0 Å². The Morgan fingerprint density at radius 3 is 2.60 bits per heavy atom. The second-order valence-electron chi connectivity index (χ2n) is 5.46. The molecule has 0 heterocycles. The molecule has 0 bridgehead atoms. The zero-order chi connectivity index (χ0) is 14.8. The van der Waals surface area contributed by atoms with Crippen molar-refractivity contribution in [3.8, 4) is 5.75 Å². The molecule has 0 spiro atoms. The molecule has 112 valence electrons. The second-order valence-corrected chi connectivity index (χ2v) is 5.46. The van der Waals surface area contributed by atoms with Gasteiger partial charge in [0.25, 0.3) is 0 Å². The highest BCUT2D eigenvalue weighted by Gasteiger charge is 2.35. The smallest absolute Gasteiger partial charge is 0.405 e. The van der Waals surface area contributed by atoms with E-state index in [-0.39, 0.29) is 11.7 Å². The van der Waals surface area contributed by atoms with E-state index in [9.17, 15) is 13.2 Å². The standard InChI is InChI=1S/C15H20F3NO/c1-2-10-7-8-11(9-10)14(19)12-5-3-4-6-13(12)20-15(16,17)18/h3-6,10-11,14H,2,7-9,19H2,1H3. The fraction of sp³-hybridized carbons (Fsp3) is 0.600. The Balaban J connectivity index is 2.15. The number of alkyl halides is 3. The lowest BCUT2D eigenvalue weighted by molar-refractivity contribution is -0.275. The summed E-state index contributed by atoms with van der Waals surface area (Å²) in [6.45, 7) is 2.14. The van der Waals surface area contributed by atoms with E-state index in [1.807, 2.05) is 0 Å². The van der Waals surface area contributed by atoms with Crippen molar-refractivity contribution in [2.75, 3.05) is 0 Å². The molecule has 2 rings (SSSR count). The number of benzene rings is 1. The van der Waals surface area contributed by atoms with E-state index in [1.54, 1.807) is 12.1 Å². The Kier molecular flexibility index (Phi) is 4.58. The van der Waals surface area contributed by atoms with Crippen LogP contribution in [0.15, 0.2) is 24.3 Å². The average Bonchev–Trinajstić information content (AvgIpc) is 2.85. The van der Waals surface area contributed by atoms with Gasteiger partial charge >= 0.3 is 6.36 Å². The minimum absolute atomic E-state index is 0.174. The van der Waals surface area contributed by atoms with Crippen LogP contribution in [-0.2, 0) is 0 Å². The van der Waals surface area contributed by atoms with Crippen LogP contribution < -0.4 is 10.5 Å². The van der Waals surface area contributed by atoms with Crippen LogP contribution in [0.4, 0.5) is 13.2 Å². The van der Waals surface area contributed by atoms with Gasteiger partial charge in [-0.05, 0) is 30.7 Å². The van der Waals surface area contributed by atoms with E-state index in [4.69, 9.17) is 5.73 Å². The zero-order valence-corrected chi connectivity index (χ0v) is 11.5.